The maximum absolute atomic E-state index is 13.9. The summed E-state index contributed by atoms with van der Waals surface area (Å²) in [5, 5.41) is 35.1. The van der Waals surface area contributed by atoms with Gasteiger partial charge in [-0.15, -0.1) is 12.3 Å². The summed E-state index contributed by atoms with van der Waals surface area (Å²) in [7, 11) is 0. The number of hydrogen-bond donors (Lipinski definition) is 4. The number of rotatable bonds is 8. The molecule has 0 spiro atoms. The highest BCUT2D eigenvalue weighted by atomic mass is 16.7. The molecule has 1 saturated heterocycles. The van der Waals surface area contributed by atoms with Gasteiger partial charge >= 0.3 is 5.97 Å². The molecule has 0 aromatic heterocycles. The number of nitrogens with one attached hydrogen (secondary N) is 1. The largest absolute Gasteiger partial charge is 0.478 e. The molecule has 2 aromatic carbocycles. The third kappa shape index (κ3) is 6.08. The highest BCUT2D eigenvalue weighted by Gasteiger charge is 2.50. The highest BCUT2D eigenvalue weighted by Crippen LogP contribution is 2.43. The van der Waals surface area contributed by atoms with Gasteiger partial charge in [0, 0.05) is 17.9 Å². The molecule has 0 bridgehead atoms. The molecule has 8 nitrogen and oxygen atoms in total. The monoisotopic (exact) mass is 548 g/mol. The van der Waals surface area contributed by atoms with E-state index in [9.17, 15) is 24.9 Å². The number of terminal acetylenes is 1. The molecule has 4 rings (SSSR count). The molecule has 7 atom stereocenters. The zero-order valence-electron chi connectivity index (χ0n) is 23.6. The van der Waals surface area contributed by atoms with E-state index in [-0.39, 0.29) is 47.9 Å². The Bertz CT molecular complexity index is 1270. The molecular weight excluding hydrogens is 508 g/mol. The fourth-order valence-electron chi connectivity index (χ4n) is 6.50. The van der Waals surface area contributed by atoms with E-state index in [0.29, 0.717) is 12.0 Å². The minimum absolute atomic E-state index is 0.0215. The zero-order chi connectivity index (χ0) is 29.2. The van der Waals surface area contributed by atoms with Gasteiger partial charge in [-0.25, -0.2) is 4.79 Å². The van der Waals surface area contributed by atoms with Crippen LogP contribution in [0.15, 0.2) is 48.5 Å². The predicted molar refractivity (Wildman–Crippen MR) is 152 cm³/mol. The second-order valence-electron chi connectivity index (χ2n) is 12.0. The van der Waals surface area contributed by atoms with Crippen molar-refractivity contribution >= 4 is 11.9 Å². The number of hydrogen-bond acceptors (Lipinski definition) is 6. The molecule has 1 aliphatic heterocycles. The second kappa shape index (κ2) is 12.1. The summed E-state index contributed by atoms with van der Waals surface area (Å²) < 4.78 is 0. The summed E-state index contributed by atoms with van der Waals surface area (Å²) in [5.74, 6) is 1.20. The summed E-state index contributed by atoms with van der Waals surface area (Å²) in [6, 6.07) is 13.2. The van der Waals surface area contributed by atoms with Crippen LogP contribution in [0.4, 0.5) is 0 Å². The number of carbonyl (C=O) groups is 2. The van der Waals surface area contributed by atoms with Crippen molar-refractivity contribution in [2.45, 2.75) is 71.4 Å². The van der Waals surface area contributed by atoms with Crippen molar-refractivity contribution in [1.82, 2.24) is 10.4 Å². The fourth-order valence-corrected chi connectivity index (χ4v) is 6.50. The number of nitrogens with zero attached hydrogens (tertiary/aromatic N) is 1. The lowest BCUT2D eigenvalue weighted by atomic mass is 9.64. The van der Waals surface area contributed by atoms with Gasteiger partial charge in [0.05, 0.1) is 24.8 Å². The van der Waals surface area contributed by atoms with Gasteiger partial charge in [0.15, 0.2) is 0 Å². The quantitative estimate of drug-likeness (QED) is 0.371. The Kier molecular flexibility index (Phi) is 9.01. The van der Waals surface area contributed by atoms with Crippen LogP contribution < -0.4 is 5.32 Å². The van der Waals surface area contributed by atoms with Crippen LogP contribution in [0.25, 0.3) is 11.1 Å². The number of carboxylic acid groups (broad SMARTS) is 1. The van der Waals surface area contributed by atoms with Crippen LogP contribution in [0.1, 0.15) is 56.5 Å². The van der Waals surface area contributed by atoms with Gasteiger partial charge in [-0.05, 0) is 59.9 Å². The van der Waals surface area contributed by atoms with Gasteiger partial charge in [-0.2, -0.15) is 5.06 Å². The minimum atomic E-state index is -1.02. The van der Waals surface area contributed by atoms with Gasteiger partial charge in [0.25, 0.3) is 0 Å². The van der Waals surface area contributed by atoms with Gasteiger partial charge in [-0.3, -0.25) is 9.63 Å². The molecule has 40 heavy (non-hydrogen) atoms. The first-order valence-electron chi connectivity index (χ1n) is 13.9. The Balaban J connectivity index is 1.60. The minimum Gasteiger partial charge on any atom is -0.478 e. The smallest absolute Gasteiger partial charge is 0.336 e. The maximum atomic E-state index is 13.9. The Morgan fingerprint density at radius 3 is 2.60 bits per heavy atom. The van der Waals surface area contributed by atoms with Gasteiger partial charge in [0.2, 0.25) is 5.91 Å². The summed E-state index contributed by atoms with van der Waals surface area (Å²) in [6.45, 7) is 7.89. The van der Waals surface area contributed by atoms with Crippen LogP contribution in [0, 0.1) is 35.5 Å². The van der Waals surface area contributed by atoms with Crippen molar-refractivity contribution in [3.8, 4) is 23.5 Å². The van der Waals surface area contributed by atoms with E-state index >= 15 is 0 Å². The first-order valence-corrected chi connectivity index (χ1v) is 13.9. The van der Waals surface area contributed by atoms with Crippen molar-refractivity contribution in [2.75, 3.05) is 6.61 Å². The molecule has 2 aliphatic rings. The van der Waals surface area contributed by atoms with Crippen molar-refractivity contribution in [3.05, 3.63) is 59.7 Å². The van der Waals surface area contributed by atoms with E-state index in [0.717, 1.165) is 17.5 Å². The van der Waals surface area contributed by atoms with Crippen LogP contribution >= 0.6 is 0 Å². The summed E-state index contributed by atoms with van der Waals surface area (Å²) in [5.41, 5.74) is 2.27. The molecule has 2 aromatic rings. The number of hydroxylamine groups is 2. The average molecular weight is 549 g/mol. The van der Waals surface area contributed by atoms with Crippen LogP contribution in [0.3, 0.4) is 0 Å². The normalized spacial score (nSPS) is 28.9. The van der Waals surface area contributed by atoms with Gasteiger partial charge in [-0.1, -0.05) is 57.2 Å². The van der Waals surface area contributed by atoms with E-state index in [4.69, 9.17) is 11.3 Å². The van der Waals surface area contributed by atoms with Crippen molar-refractivity contribution in [3.63, 3.8) is 0 Å². The fraction of sp³-hybridized carbons (Fsp3) is 0.500. The molecule has 1 heterocycles. The van der Waals surface area contributed by atoms with Crippen LogP contribution in [-0.4, -0.2) is 63.2 Å². The van der Waals surface area contributed by atoms with Crippen LogP contribution in [0.2, 0.25) is 0 Å². The Morgan fingerprint density at radius 2 is 1.95 bits per heavy atom. The average Bonchev–Trinajstić information content (AvgIpc) is 3.28. The molecule has 4 N–H and O–H groups in total. The Hall–Kier alpha value is -3.22. The summed E-state index contributed by atoms with van der Waals surface area (Å²) >= 11 is 0. The molecule has 214 valence electrons. The van der Waals surface area contributed by atoms with E-state index in [2.05, 4.69) is 32.0 Å². The Labute approximate surface area is 236 Å². The number of carboxylic acids is 1. The molecule has 2 fully saturated rings. The number of aromatic carboxylic acids is 1. The molecule has 8 heteroatoms. The summed E-state index contributed by atoms with van der Waals surface area (Å²) in [4.78, 5) is 31.7. The third-order valence-corrected chi connectivity index (χ3v) is 8.61. The second-order valence-corrected chi connectivity index (χ2v) is 12.0. The molecule has 1 aliphatic carbocycles. The van der Waals surface area contributed by atoms with Crippen molar-refractivity contribution < 1.29 is 29.7 Å². The maximum Gasteiger partial charge on any atom is 0.336 e. The number of benzene rings is 2. The lowest BCUT2D eigenvalue weighted by molar-refractivity contribution is -0.182. The number of aliphatic hydroxyl groups excluding tert-OH is 2. The van der Waals surface area contributed by atoms with Crippen molar-refractivity contribution in [1.29, 1.82) is 0 Å². The molecule has 1 amide bonds. The van der Waals surface area contributed by atoms with E-state index in [1.807, 2.05) is 24.3 Å². The first kappa shape index (κ1) is 29.8. The highest BCUT2D eigenvalue weighted by molar-refractivity contribution is 5.96. The van der Waals surface area contributed by atoms with Gasteiger partial charge < -0.3 is 20.6 Å². The van der Waals surface area contributed by atoms with E-state index in [1.54, 1.807) is 31.2 Å². The van der Waals surface area contributed by atoms with E-state index in [1.165, 1.54) is 5.06 Å². The lowest BCUT2D eigenvalue weighted by Gasteiger charge is -2.44. The summed E-state index contributed by atoms with van der Waals surface area (Å²) in [6.07, 6.45) is 5.72. The topological polar surface area (TPSA) is 119 Å². The number of carbonyl (C=O) groups excluding carboxylic acids is 1. The SMILES string of the molecule is C#C[C@@H]1C[C@H](NC(=O)[C@@H]2[C@H]([C@H](C)O)[C@H](CO)ON2Cc2cccc(-c3ccccc3C(=O)O)c2)[C@@H](C)CC1(C)C. The predicted octanol–water partition coefficient (Wildman–Crippen LogP) is 3.72. The van der Waals surface area contributed by atoms with Crippen LogP contribution in [-0.2, 0) is 16.2 Å². The standard InChI is InChI=1S/C32H40N2O6/c1-6-23-15-26(19(2)16-32(23,4)5)33-30(37)29-28(20(3)36)27(18-35)40-34(29)17-21-10-9-11-22(14-21)24-12-7-8-13-25(24)31(38)39/h1,7-14,19-20,23,26-29,35-36H,15-18H2,2-5H3,(H,33,37)(H,38,39)/t19-,20-,23+,26-,27-,28+,29-/m0/s1. The van der Waals surface area contributed by atoms with E-state index < -0.39 is 30.1 Å². The zero-order valence-corrected chi connectivity index (χ0v) is 23.6. The number of aliphatic hydroxyl groups is 2. The third-order valence-electron chi connectivity index (χ3n) is 8.61. The van der Waals surface area contributed by atoms with Crippen LogP contribution in [0.5, 0.6) is 0 Å². The van der Waals surface area contributed by atoms with Gasteiger partial charge in [0.1, 0.15) is 12.1 Å². The van der Waals surface area contributed by atoms with Crippen molar-refractivity contribution in [2.24, 2.45) is 23.2 Å². The first-order chi connectivity index (χ1) is 19.0. The molecule has 0 radical (unpaired) electrons. The lowest BCUT2D eigenvalue weighted by Crippen LogP contribution is -2.55. The Morgan fingerprint density at radius 1 is 1.23 bits per heavy atom. The molecular formula is C32H40N2O6. The molecule has 1 saturated carbocycles. The number of amides is 1. The molecule has 0 unspecified atom stereocenters.